The maximum Gasteiger partial charge on any atom is 0.218 e. The fraction of sp³-hybridized carbons (Fsp3) is 0.300. The van der Waals surface area contributed by atoms with Crippen LogP contribution in [-0.2, 0) is 4.79 Å². The number of benzene rings is 1. The minimum absolute atomic E-state index is 0.0224. The lowest BCUT2D eigenvalue weighted by molar-refractivity contribution is -0.118. The van der Waals surface area contributed by atoms with Gasteiger partial charge in [0, 0.05) is 18.2 Å². The Morgan fingerprint density at radius 3 is 2.53 bits per heavy atom. The molecule has 0 spiro atoms. The minimum Gasteiger partial charge on any atom is -0.370 e. The molecule has 0 heterocycles. The lowest BCUT2D eigenvalue weighted by atomic mass is 9.97. The maximum absolute atomic E-state index is 12.9. The zero-order chi connectivity index (χ0) is 11.4. The molecule has 2 nitrogen and oxygen atoms in total. The SMILES string of the molecule is NC(=O)C[C@@H](CCl)c1ccc(F)c(F)c1. The van der Waals surface area contributed by atoms with Crippen LogP contribution in [0.5, 0.6) is 0 Å². The van der Waals surface area contributed by atoms with Gasteiger partial charge >= 0.3 is 0 Å². The van der Waals surface area contributed by atoms with Gasteiger partial charge in [-0.15, -0.1) is 11.6 Å². The van der Waals surface area contributed by atoms with Crippen LogP contribution in [-0.4, -0.2) is 11.8 Å². The lowest BCUT2D eigenvalue weighted by Gasteiger charge is -2.12. The van der Waals surface area contributed by atoms with E-state index in [4.69, 9.17) is 17.3 Å². The topological polar surface area (TPSA) is 43.1 Å². The van der Waals surface area contributed by atoms with Gasteiger partial charge in [0.05, 0.1) is 0 Å². The first kappa shape index (κ1) is 11.9. The van der Waals surface area contributed by atoms with E-state index in [1.54, 1.807) is 0 Å². The van der Waals surface area contributed by atoms with Crippen LogP contribution in [0.25, 0.3) is 0 Å². The van der Waals surface area contributed by atoms with Gasteiger partial charge in [-0.05, 0) is 17.7 Å². The van der Waals surface area contributed by atoms with E-state index in [-0.39, 0.29) is 18.2 Å². The zero-order valence-electron chi connectivity index (χ0n) is 7.84. The second-order valence-electron chi connectivity index (χ2n) is 3.20. The number of carbonyl (C=O) groups excluding carboxylic acids is 1. The summed E-state index contributed by atoms with van der Waals surface area (Å²) < 4.78 is 25.5. The van der Waals surface area contributed by atoms with Crippen molar-refractivity contribution in [2.24, 2.45) is 5.73 Å². The highest BCUT2D eigenvalue weighted by molar-refractivity contribution is 6.18. The lowest BCUT2D eigenvalue weighted by Crippen LogP contribution is -2.16. The van der Waals surface area contributed by atoms with Crippen LogP contribution in [0.2, 0.25) is 0 Å². The fourth-order valence-electron chi connectivity index (χ4n) is 1.27. The molecule has 0 aliphatic carbocycles. The van der Waals surface area contributed by atoms with Crippen molar-refractivity contribution in [2.75, 3.05) is 5.88 Å². The number of rotatable bonds is 4. The standard InChI is InChI=1S/C10H10ClF2NO/c11-5-7(4-10(14)15)6-1-2-8(12)9(13)3-6/h1-3,7H,4-5H2,(H2,14,15)/t7-/m0/s1. The van der Waals surface area contributed by atoms with Crippen LogP contribution >= 0.6 is 11.6 Å². The van der Waals surface area contributed by atoms with Gasteiger partial charge in [0.25, 0.3) is 0 Å². The molecule has 15 heavy (non-hydrogen) atoms. The second kappa shape index (κ2) is 5.07. The third-order valence-corrected chi connectivity index (χ3v) is 2.42. The average molecular weight is 234 g/mol. The molecule has 1 aromatic rings. The molecule has 0 fully saturated rings. The number of primary amides is 1. The Morgan fingerprint density at radius 1 is 1.40 bits per heavy atom. The van der Waals surface area contributed by atoms with Crippen LogP contribution < -0.4 is 5.73 Å². The normalized spacial score (nSPS) is 12.5. The first-order valence-corrected chi connectivity index (χ1v) is 4.87. The summed E-state index contributed by atoms with van der Waals surface area (Å²) in [5, 5.41) is 0. The molecule has 0 aliphatic heterocycles. The van der Waals surface area contributed by atoms with Gasteiger partial charge in [-0.3, -0.25) is 4.79 Å². The summed E-state index contributed by atoms with van der Waals surface area (Å²) in [5.74, 6) is -2.64. The smallest absolute Gasteiger partial charge is 0.218 e. The molecule has 82 valence electrons. The average Bonchev–Trinajstić information content (AvgIpc) is 2.18. The Balaban J connectivity index is 2.92. The van der Waals surface area contributed by atoms with Gasteiger partial charge in [-0.1, -0.05) is 6.07 Å². The van der Waals surface area contributed by atoms with Crippen LogP contribution in [0.1, 0.15) is 17.9 Å². The molecule has 1 atom stereocenters. The highest BCUT2D eigenvalue weighted by Gasteiger charge is 2.15. The minimum atomic E-state index is -0.952. The quantitative estimate of drug-likeness (QED) is 0.796. The first-order valence-electron chi connectivity index (χ1n) is 4.33. The fourth-order valence-corrected chi connectivity index (χ4v) is 1.56. The van der Waals surface area contributed by atoms with E-state index in [1.165, 1.54) is 6.07 Å². The highest BCUT2D eigenvalue weighted by atomic mass is 35.5. The number of hydrogen-bond acceptors (Lipinski definition) is 1. The zero-order valence-corrected chi connectivity index (χ0v) is 8.60. The van der Waals surface area contributed by atoms with Crippen molar-refractivity contribution in [3.8, 4) is 0 Å². The van der Waals surface area contributed by atoms with Crippen molar-refractivity contribution < 1.29 is 13.6 Å². The molecular weight excluding hydrogens is 224 g/mol. The van der Waals surface area contributed by atoms with Crippen molar-refractivity contribution in [1.29, 1.82) is 0 Å². The van der Waals surface area contributed by atoms with E-state index in [0.29, 0.717) is 5.56 Å². The molecule has 0 unspecified atom stereocenters. The monoisotopic (exact) mass is 233 g/mol. The Labute approximate surface area is 91.0 Å². The van der Waals surface area contributed by atoms with Crippen molar-refractivity contribution in [3.05, 3.63) is 35.4 Å². The van der Waals surface area contributed by atoms with E-state index >= 15 is 0 Å². The van der Waals surface area contributed by atoms with Crippen LogP contribution in [0.4, 0.5) is 8.78 Å². The summed E-state index contributed by atoms with van der Waals surface area (Å²) in [6, 6.07) is 3.44. The Bertz CT molecular complexity index is 370. The van der Waals surface area contributed by atoms with E-state index in [2.05, 4.69) is 0 Å². The molecule has 2 N–H and O–H groups in total. The molecule has 1 aromatic carbocycles. The van der Waals surface area contributed by atoms with Gasteiger partial charge in [0.1, 0.15) is 0 Å². The van der Waals surface area contributed by atoms with E-state index in [1.807, 2.05) is 0 Å². The predicted molar refractivity (Wildman–Crippen MR) is 53.6 cm³/mol. The second-order valence-corrected chi connectivity index (χ2v) is 3.50. The Morgan fingerprint density at radius 2 is 2.07 bits per heavy atom. The molecule has 5 heteroatoms. The van der Waals surface area contributed by atoms with E-state index < -0.39 is 17.5 Å². The maximum atomic E-state index is 12.9. The molecule has 1 amide bonds. The highest BCUT2D eigenvalue weighted by Crippen LogP contribution is 2.22. The van der Waals surface area contributed by atoms with Gasteiger partial charge in [-0.25, -0.2) is 8.78 Å². The number of hydrogen-bond donors (Lipinski definition) is 1. The van der Waals surface area contributed by atoms with Crippen molar-refractivity contribution >= 4 is 17.5 Å². The summed E-state index contributed by atoms with van der Waals surface area (Å²) in [6.07, 6.45) is 0.0224. The summed E-state index contributed by atoms with van der Waals surface area (Å²) in [4.78, 5) is 10.7. The molecule has 0 radical (unpaired) electrons. The van der Waals surface area contributed by atoms with Crippen molar-refractivity contribution in [2.45, 2.75) is 12.3 Å². The third kappa shape index (κ3) is 3.16. The number of carbonyl (C=O) groups is 1. The van der Waals surface area contributed by atoms with Crippen molar-refractivity contribution in [1.82, 2.24) is 0 Å². The summed E-state index contributed by atoms with van der Waals surface area (Å²) in [6.45, 7) is 0. The number of alkyl halides is 1. The molecule has 0 aromatic heterocycles. The van der Waals surface area contributed by atoms with Gasteiger partial charge in [0.2, 0.25) is 5.91 Å². The summed E-state index contributed by atoms with van der Waals surface area (Å²) in [5.41, 5.74) is 5.48. The molecule has 0 saturated heterocycles. The molecule has 0 saturated carbocycles. The molecule has 0 bridgehead atoms. The van der Waals surface area contributed by atoms with E-state index in [0.717, 1.165) is 12.1 Å². The van der Waals surface area contributed by atoms with E-state index in [9.17, 15) is 13.6 Å². The first-order chi connectivity index (χ1) is 7.04. The number of amides is 1. The summed E-state index contributed by atoms with van der Waals surface area (Å²) in [7, 11) is 0. The predicted octanol–water partition coefficient (Wildman–Crippen LogP) is 2.16. The van der Waals surface area contributed by atoms with Crippen molar-refractivity contribution in [3.63, 3.8) is 0 Å². The van der Waals surface area contributed by atoms with Crippen LogP contribution in [0.3, 0.4) is 0 Å². The molecule has 1 rings (SSSR count). The molecule has 0 aliphatic rings. The third-order valence-electron chi connectivity index (χ3n) is 2.05. The molecular formula is C10H10ClF2NO. The number of halogens is 3. The number of nitrogens with two attached hydrogens (primary N) is 1. The van der Waals surface area contributed by atoms with Gasteiger partial charge in [0.15, 0.2) is 11.6 Å². The van der Waals surface area contributed by atoms with Gasteiger partial charge < -0.3 is 5.73 Å². The largest absolute Gasteiger partial charge is 0.370 e. The van der Waals surface area contributed by atoms with Gasteiger partial charge in [-0.2, -0.15) is 0 Å². The van der Waals surface area contributed by atoms with Crippen LogP contribution in [0.15, 0.2) is 18.2 Å². The Hall–Kier alpha value is -1.16. The Kier molecular flexibility index (Phi) is 4.03. The van der Waals surface area contributed by atoms with Crippen LogP contribution in [0, 0.1) is 11.6 Å². The summed E-state index contributed by atoms with van der Waals surface area (Å²) >= 11 is 5.61.